The summed E-state index contributed by atoms with van der Waals surface area (Å²) in [5, 5.41) is 12.9. The van der Waals surface area contributed by atoms with Crippen LogP contribution < -0.4 is 0 Å². The van der Waals surface area contributed by atoms with Crippen molar-refractivity contribution in [3.8, 4) is 16.9 Å². The Labute approximate surface area is 205 Å². The molecule has 2 aromatic rings. The molecule has 184 valence electrons. The van der Waals surface area contributed by atoms with Crippen LogP contribution in [0.5, 0.6) is 5.75 Å². The van der Waals surface area contributed by atoms with Crippen molar-refractivity contribution in [3.05, 3.63) is 64.2 Å². The lowest BCUT2D eigenvalue weighted by Crippen LogP contribution is -2.30. The van der Waals surface area contributed by atoms with Gasteiger partial charge in [0, 0.05) is 26.1 Å². The van der Waals surface area contributed by atoms with E-state index in [1.54, 1.807) is 12.1 Å². The lowest BCUT2D eigenvalue weighted by molar-refractivity contribution is -0.117. The van der Waals surface area contributed by atoms with Crippen molar-refractivity contribution in [1.29, 1.82) is 0 Å². The zero-order valence-corrected chi connectivity index (χ0v) is 19.9. The molecule has 35 heavy (non-hydrogen) atoms. The molecular weight excluding hydrogens is 446 g/mol. The first kappa shape index (κ1) is 23.9. The normalized spacial score (nSPS) is 25.7. The molecule has 0 spiro atoms. The van der Waals surface area contributed by atoms with Gasteiger partial charge >= 0.3 is 0 Å². The Hall–Kier alpha value is -2.87. The van der Waals surface area contributed by atoms with Crippen LogP contribution in [-0.2, 0) is 19.0 Å². The number of Topliss-reactive ketones (excluding diaryl/α,β-unsaturated/α-hetero) is 1. The molecule has 2 aliphatic heterocycles. The Bertz CT molecular complexity index is 1120. The first-order valence-electron chi connectivity index (χ1n) is 12.4. The van der Waals surface area contributed by atoms with Gasteiger partial charge in [0.15, 0.2) is 12.1 Å². The number of hydrogen-bond donors (Lipinski definition) is 1. The molecule has 5 rings (SSSR count). The summed E-state index contributed by atoms with van der Waals surface area (Å²) >= 11 is 0. The minimum atomic E-state index is -0.352. The SMILES string of the molecule is Cc1ccc(-c2ccc(O)cc2)cc1C1=C(N=O)CC(CC2OC[C@@H](C3CCOCC3)O2)CC1=O. The van der Waals surface area contributed by atoms with Crippen molar-refractivity contribution in [2.45, 2.75) is 51.4 Å². The number of benzene rings is 2. The predicted molar refractivity (Wildman–Crippen MR) is 131 cm³/mol. The molecular formula is C28H31NO6. The van der Waals surface area contributed by atoms with E-state index in [-0.39, 0.29) is 29.8 Å². The third-order valence-electron chi connectivity index (χ3n) is 7.43. The molecule has 2 fully saturated rings. The zero-order chi connectivity index (χ0) is 24.4. The van der Waals surface area contributed by atoms with Gasteiger partial charge in [-0.15, -0.1) is 4.91 Å². The fourth-order valence-corrected chi connectivity index (χ4v) is 5.46. The number of hydrogen-bond acceptors (Lipinski definition) is 7. The molecule has 1 N–H and O–H groups in total. The quantitative estimate of drug-likeness (QED) is 0.561. The van der Waals surface area contributed by atoms with E-state index in [1.165, 1.54) is 0 Å². The van der Waals surface area contributed by atoms with Crippen LogP contribution >= 0.6 is 0 Å². The van der Waals surface area contributed by atoms with Crippen LogP contribution in [0.4, 0.5) is 0 Å². The number of ether oxygens (including phenoxy) is 3. The minimum Gasteiger partial charge on any atom is -0.508 e. The van der Waals surface area contributed by atoms with Gasteiger partial charge in [0.2, 0.25) is 0 Å². The molecule has 0 bridgehead atoms. The Morgan fingerprint density at radius 3 is 2.51 bits per heavy atom. The van der Waals surface area contributed by atoms with E-state index in [2.05, 4.69) is 5.18 Å². The van der Waals surface area contributed by atoms with Gasteiger partial charge in [0.25, 0.3) is 0 Å². The summed E-state index contributed by atoms with van der Waals surface area (Å²) in [6.45, 7) is 4.03. The average Bonchev–Trinajstić information content (AvgIpc) is 3.34. The number of allylic oxidation sites excluding steroid dienone is 2. The second kappa shape index (κ2) is 10.4. The van der Waals surface area contributed by atoms with Gasteiger partial charge in [-0.25, -0.2) is 0 Å². The molecule has 0 aromatic heterocycles. The van der Waals surface area contributed by atoms with Crippen LogP contribution in [0.2, 0.25) is 0 Å². The van der Waals surface area contributed by atoms with E-state index in [0.29, 0.717) is 43.1 Å². The summed E-state index contributed by atoms with van der Waals surface area (Å²) in [7, 11) is 0. The number of phenols is 1. The summed E-state index contributed by atoms with van der Waals surface area (Å²) in [5.41, 5.74) is 4.20. The highest BCUT2D eigenvalue weighted by molar-refractivity contribution is 6.22. The molecule has 1 aliphatic carbocycles. The largest absolute Gasteiger partial charge is 0.508 e. The minimum absolute atomic E-state index is 0.0435. The molecule has 2 aromatic carbocycles. The van der Waals surface area contributed by atoms with Gasteiger partial charge in [-0.05, 0) is 83.7 Å². The molecule has 2 unspecified atom stereocenters. The molecule has 7 heteroatoms. The smallest absolute Gasteiger partial charge is 0.165 e. The number of carbonyl (C=O) groups is 1. The van der Waals surface area contributed by atoms with Gasteiger partial charge in [0.05, 0.1) is 24.0 Å². The number of phenolic OH excluding ortho intramolecular Hbond substituents is 1. The van der Waals surface area contributed by atoms with Crippen LogP contribution in [0, 0.1) is 23.7 Å². The number of aryl methyl sites for hydroxylation is 1. The summed E-state index contributed by atoms with van der Waals surface area (Å²) < 4.78 is 17.5. The number of rotatable bonds is 6. The van der Waals surface area contributed by atoms with Crippen LogP contribution in [-0.4, -0.2) is 43.1 Å². The van der Waals surface area contributed by atoms with Crippen LogP contribution in [0.25, 0.3) is 16.7 Å². The molecule has 0 amide bonds. The number of carbonyl (C=O) groups excluding carboxylic acids is 1. The third-order valence-corrected chi connectivity index (χ3v) is 7.43. The molecule has 7 nitrogen and oxygen atoms in total. The van der Waals surface area contributed by atoms with Crippen molar-refractivity contribution in [2.75, 3.05) is 19.8 Å². The van der Waals surface area contributed by atoms with Gasteiger partial charge < -0.3 is 19.3 Å². The zero-order valence-electron chi connectivity index (χ0n) is 19.9. The van der Waals surface area contributed by atoms with E-state index in [9.17, 15) is 14.8 Å². The summed E-state index contributed by atoms with van der Waals surface area (Å²) in [6, 6.07) is 12.8. The van der Waals surface area contributed by atoms with Gasteiger partial charge in [-0.3, -0.25) is 4.79 Å². The van der Waals surface area contributed by atoms with Crippen LogP contribution in [0.3, 0.4) is 0 Å². The molecule has 2 heterocycles. The van der Waals surface area contributed by atoms with Crippen LogP contribution in [0.1, 0.15) is 43.2 Å². The maximum atomic E-state index is 13.3. The Balaban J connectivity index is 1.32. The summed E-state index contributed by atoms with van der Waals surface area (Å²) in [5.74, 6) is 0.530. The number of ketones is 1. The lowest BCUT2D eigenvalue weighted by atomic mass is 9.80. The second-order valence-electron chi connectivity index (χ2n) is 9.81. The standard InChI is InChI=1S/C28H31NO6/c1-17-2-3-21(19-4-6-22(30)7-5-19)15-23(17)28-24(29-32)12-18(13-25(28)31)14-27-34-16-26(35-27)20-8-10-33-11-9-20/h2-7,15,18,20,26-27,30H,8-14,16H2,1H3/t18?,26-,27?/m0/s1. The third kappa shape index (κ3) is 5.22. The molecule has 0 saturated carbocycles. The number of aromatic hydroxyl groups is 1. The van der Waals surface area contributed by atoms with Crippen molar-refractivity contribution >= 4 is 11.4 Å². The highest BCUT2D eigenvalue weighted by atomic mass is 16.7. The van der Waals surface area contributed by atoms with E-state index in [1.807, 2.05) is 37.3 Å². The van der Waals surface area contributed by atoms with E-state index in [4.69, 9.17) is 14.2 Å². The maximum Gasteiger partial charge on any atom is 0.165 e. The van der Waals surface area contributed by atoms with Crippen molar-refractivity contribution in [1.82, 2.24) is 0 Å². The van der Waals surface area contributed by atoms with Gasteiger partial charge in [0.1, 0.15) is 5.75 Å². The first-order valence-corrected chi connectivity index (χ1v) is 12.4. The Morgan fingerprint density at radius 1 is 1.03 bits per heavy atom. The van der Waals surface area contributed by atoms with Crippen LogP contribution in [0.15, 0.2) is 53.3 Å². The summed E-state index contributed by atoms with van der Waals surface area (Å²) in [6.07, 6.45) is 3.02. The predicted octanol–water partition coefficient (Wildman–Crippen LogP) is 5.38. The van der Waals surface area contributed by atoms with Crippen molar-refractivity contribution in [3.63, 3.8) is 0 Å². The van der Waals surface area contributed by atoms with E-state index in [0.717, 1.165) is 48.3 Å². The van der Waals surface area contributed by atoms with Crippen molar-refractivity contribution < 1.29 is 24.1 Å². The van der Waals surface area contributed by atoms with Gasteiger partial charge in [-0.2, -0.15) is 0 Å². The number of nitrogens with zero attached hydrogens (tertiary/aromatic N) is 1. The molecule has 3 aliphatic rings. The molecule has 3 atom stereocenters. The highest BCUT2D eigenvalue weighted by Crippen LogP contribution is 2.39. The fraction of sp³-hybridized carbons (Fsp3) is 0.464. The van der Waals surface area contributed by atoms with Gasteiger partial charge in [-0.1, -0.05) is 24.3 Å². The molecule has 2 saturated heterocycles. The highest BCUT2D eigenvalue weighted by Gasteiger charge is 2.37. The Kier molecular flexibility index (Phi) is 7.09. The Morgan fingerprint density at radius 2 is 1.77 bits per heavy atom. The summed E-state index contributed by atoms with van der Waals surface area (Å²) in [4.78, 5) is 25.2. The topological polar surface area (TPSA) is 94.4 Å². The fourth-order valence-electron chi connectivity index (χ4n) is 5.46. The average molecular weight is 478 g/mol. The monoisotopic (exact) mass is 477 g/mol. The van der Waals surface area contributed by atoms with Crippen molar-refractivity contribution in [2.24, 2.45) is 17.0 Å². The van der Waals surface area contributed by atoms with E-state index >= 15 is 0 Å². The molecule has 0 radical (unpaired) electrons. The second-order valence-corrected chi connectivity index (χ2v) is 9.81. The number of nitroso groups, excluding NO2 is 1. The first-order chi connectivity index (χ1) is 17.0. The van der Waals surface area contributed by atoms with E-state index < -0.39 is 0 Å². The maximum absolute atomic E-state index is 13.3. The lowest BCUT2D eigenvalue weighted by Gasteiger charge is -2.27.